The Bertz CT molecular complexity index is 910. The van der Waals surface area contributed by atoms with Gasteiger partial charge in [-0.15, -0.1) is 0 Å². The number of benzene rings is 1. The van der Waals surface area contributed by atoms with E-state index in [0.29, 0.717) is 28.4 Å². The summed E-state index contributed by atoms with van der Waals surface area (Å²) in [5.41, 5.74) is 2.32. The number of oxazole rings is 1. The monoisotopic (exact) mass is 397 g/mol. The number of aromatic nitrogens is 1. The first-order valence-corrected chi connectivity index (χ1v) is 8.45. The number of amides is 2. The summed E-state index contributed by atoms with van der Waals surface area (Å²) in [5.74, 6) is -5.01. The van der Waals surface area contributed by atoms with E-state index in [-0.39, 0.29) is 0 Å². The number of carbonyl (C=O) groups is 2. The number of nitrogens with one attached hydrogen (secondary N) is 1. The van der Waals surface area contributed by atoms with Crippen molar-refractivity contribution in [2.45, 2.75) is 20.0 Å². The second kappa shape index (κ2) is 7.17. The van der Waals surface area contributed by atoms with Crippen LogP contribution in [0.25, 0.3) is 11.5 Å². The molecule has 2 aromatic rings. The van der Waals surface area contributed by atoms with Gasteiger partial charge in [-0.2, -0.15) is 13.2 Å². The van der Waals surface area contributed by atoms with Gasteiger partial charge in [-0.1, -0.05) is 6.07 Å². The molecule has 1 saturated heterocycles. The average Bonchev–Trinajstić information content (AvgIpc) is 3.23. The van der Waals surface area contributed by atoms with Gasteiger partial charge in [-0.3, -0.25) is 4.79 Å². The standard InChI is InChI=1S/C18H18F3N3O4/c1-9-3-4-11(15-22-10(2)8-28-15)5-14(9)23-17(27)24-6-12(16(25)26)13(7-24)18(19,20)21/h3-5,8,12-13H,6-7H2,1-2H3,(H,23,27)(H,25,26)/t12-,13-/m1/s1. The number of alkyl halides is 3. The Labute approximate surface area is 158 Å². The highest BCUT2D eigenvalue weighted by molar-refractivity contribution is 5.91. The van der Waals surface area contributed by atoms with Crippen LogP contribution in [0.1, 0.15) is 11.3 Å². The topological polar surface area (TPSA) is 95.7 Å². The van der Waals surface area contributed by atoms with Crippen LogP contribution >= 0.6 is 0 Å². The van der Waals surface area contributed by atoms with Crippen molar-refractivity contribution < 1.29 is 32.3 Å². The number of hydrogen-bond donors (Lipinski definition) is 2. The third-order valence-corrected chi connectivity index (χ3v) is 4.69. The maximum atomic E-state index is 13.1. The number of rotatable bonds is 3. The zero-order valence-electron chi connectivity index (χ0n) is 15.1. The number of aliphatic carboxylic acids is 1. The van der Waals surface area contributed by atoms with Gasteiger partial charge in [0.2, 0.25) is 5.89 Å². The molecule has 0 unspecified atom stereocenters. The number of carboxylic acids is 1. The van der Waals surface area contributed by atoms with E-state index in [1.54, 1.807) is 32.0 Å². The van der Waals surface area contributed by atoms with Gasteiger partial charge in [-0.05, 0) is 31.5 Å². The average molecular weight is 397 g/mol. The third kappa shape index (κ3) is 3.95. The highest BCUT2D eigenvalue weighted by Crippen LogP contribution is 2.38. The summed E-state index contributed by atoms with van der Waals surface area (Å²) in [6, 6.07) is 4.27. The molecule has 0 saturated carbocycles. The minimum Gasteiger partial charge on any atom is -0.481 e. The number of anilines is 1. The summed E-state index contributed by atoms with van der Waals surface area (Å²) in [5, 5.41) is 11.6. The van der Waals surface area contributed by atoms with Crippen molar-refractivity contribution in [1.82, 2.24) is 9.88 Å². The lowest BCUT2D eigenvalue weighted by molar-refractivity contribution is -0.187. The van der Waals surface area contributed by atoms with Crippen molar-refractivity contribution in [1.29, 1.82) is 0 Å². The van der Waals surface area contributed by atoms with Crippen molar-refractivity contribution in [3.63, 3.8) is 0 Å². The first-order chi connectivity index (χ1) is 13.1. The van der Waals surface area contributed by atoms with E-state index in [1.165, 1.54) is 6.26 Å². The van der Waals surface area contributed by atoms with E-state index >= 15 is 0 Å². The second-order valence-corrected chi connectivity index (χ2v) is 6.75. The molecule has 10 heteroatoms. The van der Waals surface area contributed by atoms with Gasteiger partial charge in [0, 0.05) is 24.3 Å². The smallest absolute Gasteiger partial charge is 0.394 e. The number of likely N-dealkylation sites (tertiary alicyclic amines) is 1. The van der Waals surface area contributed by atoms with Crippen LogP contribution in [-0.2, 0) is 4.79 Å². The molecular formula is C18H18F3N3O4. The Morgan fingerprint density at radius 3 is 2.54 bits per heavy atom. The van der Waals surface area contributed by atoms with E-state index in [4.69, 9.17) is 9.52 Å². The SMILES string of the molecule is Cc1coc(-c2ccc(C)c(NC(=O)N3C[C@@H](C(F)(F)F)[C@H](C(=O)O)C3)c2)n1. The predicted molar refractivity (Wildman–Crippen MR) is 92.7 cm³/mol. The fraction of sp³-hybridized carbons (Fsp3) is 0.389. The Balaban J connectivity index is 1.79. The molecule has 2 atom stereocenters. The van der Waals surface area contributed by atoms with E-state index in [2.05, 4.69) is 10.3 Å². The summed E-state index contributed by atoms with van der Waals surface area (Å²) in [6.07, 6.45) is -3.22. The fourth-order valence-electron chi connectivity index (χ4n) is 3.12. The van der Waals surface area contributed by atoms with Gasteiger partial charge in [-0.25, -0.2) is 9.78 Å². The van der Waals surface area contributed by atoms with Crippen molar-refractivity contribution in [2.24, 2.45) is 11.8 Å². The minimum atomic E-state index is -4.70. The summed E-state index contributed by atoms with van der Waals surface area (Å²) in [7, 11) is 0. The minimum absolute atomic E-state index is 0.345. The van der Waals surface area contributed by atoms with Gasteiger partial charge >= 0.3 is 18.2 Å². The van der Waals surface area contributed by atoms with Crippen LogP contribution in [0, 0.1) is 25.7 Å². The lowest BCUT2D eigenvalue weighted by Crippen LogP contribution is -2.35. The van der Waals surface area contributed by atoms with Crippen molar-refractivity contribution in [2.75, 3.05) is 18.4 Å². The second-order valence-electron chi connectivity index (χ2n) is 6.75. The van der Waals surface area contributed by atoms with E-state index in [0.717, 1.165) is 4.90 Å². The van der Waals surface area contributed by atoms with Gasteiger partial charge in [0.1, 0.15) is 6.26 Å². The van der Waals surface area contributed by atoms with Crippen LogP contribution in [0.3, 0.4) is 0 Å². The van der Waals surface area contributed by atoms with Gasteiger partial charge in [0.05, 0.1) is 17.5 Å². The molecule has 1 aromatic heterocycles. The first kappa shape index (κ1) is 19.7. The van der Waals surface area contributed by atoms with Crippen LogP contribution in [0.5, 0.6) is 0 Å². The number of carboxylic acid groups (broad SMARTS) is 1. The Kier molecular flexibility index (Phi) is 5.05. The lowest BCUT2D eigenvalue weighted by Gasteiger charge is -2.19. The highest BCUT2D eigenvalue weighted by atomic mass is 19.4. The van der Waals surface area contributed by atoms with E-state index in [9.17, 15) is 22.8 Å². The molecule has 0 radical (unpaired) electrons. The number of carbonyl (C=O) groups excluding carboxylic acids is 1. The van der Waals surface area contributed by atoms with Gasteiger partial charge in [0.25, 0.3) is 0 Å². The number of hydrogen-bond acceptors (Lipinski definition) is 4. The van der Waals surface area contributed by atoms with E-state index in [1.807, 2.05) is 0 Å². The van der Waals surface area contributed by atoms with Crippen molar-refractivity contribution in [3.8, 4) is 11.5 Å². The van der Waals surface area contributed by atoms with Crippen LogP contribution in [-0.4, -0.2) is 46.3 Å². The Morgan fingerprint density at radius 1 is 1.29 bits per heavy atom. The maximum Gasteiger partial charge on any atom is 0.394 e. The zero-order chi connectivity index (χ0) is 20.6. The summed E-state index contributed by atoms with van der Waals surface area (Å²) < 4.78 is 44.6. The molecular weight excluding hydrogens is 379 g/mol. The molecule has 150 valence electrons. The molecule has 7 nitrogen and oxygen atoms in total. The predicted octanol–water partition coefficient (Wildman–Crippen LogP) is 3.69. The van der Waals surface area contributed by atoms with Crippen molar-refractivity contribution >= 4 is 17.7 Å². The molecule has 2 N–H and O–H groups in total. The van der Waals surface area contributed by atoms with Crippen LogP contribution in [0.2, 0.25) is 0 Å². The molecule has 1 aliphatic rings. The summed E-state index contributed by atoms with van der Waals surface area (Å²) in [6.45, 7) is 2.27. The summed E-state index contributed by atoms with van der Waals surface area (Å²) in [4.78, 5) is 28.7. The van der Waals surface area contributed by atoms with Gasteiger partial charge < -0.3 is 19.7 Å². The third-order valence-electron chi connectivity index (χ3n) is 4.69. The molecule has 2 heterocycles. The molecule has 1 aliphatic heterocycles. The quantitative estimate of drug-likeness (QED) is 0.824. The molecule has 0 aliphatic carbocycles. The molecule has 3 rings (SSSR count). The molecule has 0 spiro atoms. The fourth-order valence-corrected chi connectivity index (χ4v) is 3.12. The molecule has 1 aromatic carbocycles. The lowest BCUT2D eigenvalue weighted by atomic mass is 9.96. The Hall–Kier alpha value is -3.04. The zero-order valence-corrected chi connectivity index (χ0v) is 15.1. The van der Waals surface area contributed by atoms with E-state index < -0.39 is 43.1 Å². The molecule has 28 heavy (non-hydrogen) atoms. The normalized spacial score (nSPS) is 19.7. The summed E-state index contributed by atoms with van der Waals surface area (Å²) >= 11 is 0. The largest absolute Gasteiger partial charge is 0.481 e. The Morgan fingerprint density at radius 2 is 2.00 bits per heavy atom. The van der Waals surface area contributed by atoms with Crippen LogP contribution in [0.4, 0.5) is 23.7 Å². The number of aryl methyl sites for hydroxylation is 2. The number of urea groups is 1. The van der Waals surface area contributed by atoms with Crippen LogP contribution < -0.4 is 5.32 Å². The van der Waals surface area contributed by atoms with Crippen molar-refractivity contribution in [3.05, 3.63) is 35.7 Å². The molecule has 2 amide bonds. The van der Waals surface area contributed by atoms with Gasteiger partial charge in [0.15, 0.2) is 0 Å². The molecule has 1 fully saturated rings. The number of halogens is 3. The molecule has 0 bridgehead atoms. The first-order valence-electron chi connectivity index (χ1n) is 8.45. The number of nitrogens with zero attached hydrogens (tertiary/aromatic N) is 2. The maximum absolute atomic E-state index is 13.1. The highest BCUT2D eigenvalue weighted by Gasteiger charge is 2.53. The van der Waals surface area contributed by atoms with Crippen LogP contribution in [0.15, 0.2) is 28.9 Å².